The fourth-order valence-corrected chi connectivity index (χ4v) is 3.95. The van der Waals surface area contributed by atoms with Crippen molar-refractivity contribution in [3.05, 3.63) is 82.0 Å². The van der Waals surface area contributed by atoms with E-state index in [2.05, 4.69) is 18.2 Å². The van der Waals surface area contributed by atoms with Crippen LogP contribution in [-0.4, -0.2) is 18.0 Å². The molecule has 0 saturated carbocycles. The number of fused-ring (bicyclic) bond motifs is 2. The number of ether oxygens (including phenoxy) is 1. The number of benzene rings is 2. The number of halogens is 1. The molecule has 5 heteroatoms. The average molecular weight is 419 g/mol. The second kappa shape index (κ2) is 8.42. The second-order valence-corrected chi connectivity index (χ2v) is 7.81. The number of pyridine rings is 1. The Kier molecular flexibility index (Phi) is 5.71. The molecule has 1 unspecified atom stereocenters. The van der Waals surface area contributed by atoms with Gasteiger partial charge in [-0.1, -0.05) is 48.0 Å². The first-order chi connectivity index (χ1) is 14.5. The molecule has 2 aromatic carbocycles. The van der Waals surface area contributed by atoms with Crippen molar-refractivity contribution in [3.8, 4) is 11.3 Å². The number of hydrogen-bond donors (Lipinski definition) is 0. The fraction of sp³-hybridized carbons (Fsp3) is 0.200. The number of methoxy groups -OCH3 is 1. The maximum Gasteiger partial charge on any atom is 0.224 e. The van der Waals surface area contributed by atoms with Crippen molar-refractivity contribution in [1.29, 1.82) is 0 Å². The smallest absolute Gasteiger partial charge is 0.224 e. The molecule has 0 aliphatic carbocycles. The number of anilines is 1. The van der Waals surface area contributed by atoms with Gasteiger partial charge in [0.25, 0.3) is 0 Å². The van der Waals surface area contributed by atoms with E-state index in [1.54, 1.807) is 18.9 Å². The fourth-order valence-electron chi connectivity index (χ4n) is 3.77. The lowest BCUT2D eigenvalue weighted by Gasteiger charge is -2.26. The average Bonchev–Trinajstić information content (AvgIpc) is 2.74. The molecule has 0 spiro atoms. The molecule has 1 aliphatic heterocycles. The minimum absolute atomic E-state index is 0.0217. The van der Waals surface area contributed by atoms with E-state index in [0.717, 1.165) is 39.2 Å². The molecule has 0 N–H and O–H groups in total. The first kappa shape index (κ1) is 20.3. The van der Waals surface area contributed by atoms with Crippen molar-refractivity contribution in [2.45, 2.75) is 26.5 Å². The number of carbonyl (C=O) groups excluding carboxylic acids is 1. The van der Waals surface area contributed by atoms with E-state index < -0.39 is 0 Å². The Morgan fingerprint density at radius 1 is 1.13 bits per heavy atom. The zero-order chi connectivity index (χ0) is 21.3. The number of rotatable bonds is 3. The quantitative estimate of drug-likeness (QED) is 0.512. The Bertz CT molecular complexity index is 1140. The Hall–Kier alpha value is -2.95. The summed E-state index contributed by atoms with van der Waals surface area (Å²) >= 11 is 6.18. The summed E-state index contributed by atoms with van der Waals surface area (Å²) in [6.07, 6.45) is 5.83. The zero-order valence-electron chi connectivity index (χ0n) is 17.2. The summed E-state index contributed by atoms with van der Waals surface area (Å²) in [5.74, 6) is -0.0217. The summed E-state index contributed by atoms with van der Waals surface area (Å²) in [5.41, 5.74) is 6.74. The van der Waals surface area contributed by atoms with Crippen LogP contribution in [0, 0.1) is 0 Å². The number of nitrogens with zero attached hydrogens (tertiary/aromatic N) is 2. The van der Waals surface area contributed by atoms with E-state index in [0.29, 0.717) is 11.6 Å². The predicted molar refractivity (Wildman–Crippen MR) is 122 cm³/mol. The molecule has 1 amide bonds. The lowest BCUT2D eigenvalue weighted by molar-refractivity contribution is -0.116. The summed E-state index contributed by atoms with van der Waals surface area (Å²) in [4.78, 5) is 19.0. The molecule has 30 heavy (non-hydrogen) atoms. The third kappa shape index (κ3) is 3.89. The van der Waals surface area contributed by atoms with Crippen molar-refractivity contribution < 1.29 is 9.53 Å². The molecule has 3 aromatic rings. The van der Waals surface area contributed by atoms with E-state index in [-0.39, 0.29) is 12.0 Å². The van der Waals surface area contributed by atoms with Crippen LogP contribution in [0.1, 0.15) is 42.2 Å². The molecule has 0 bridgehead atoms. The van der Waals surface area contributed by atoms with Gasteiger partial charge in [-0.25, -0.2) is 0 Å². The van der Waals surface area contributed by atoms with Gasteiger partial charge < -0.3 is 9.64 Å². The highest BCUT2D eigenvalue weighted by Gasteiger charge is 2.20. The summed E-state index contributed by atoms with van der Waals surface area (Å²) in [7, 11) is 1.70. The predicted octanol–water partition coefficient (Wildman–Crippen LogP) is 6.15. The van der Waals surface area contributed by atoms with Crippen molar-refractivity contribution in [2.75, 3.05) is 12.0 Å². The Morgan fingerprint density at radius 2 is 1.90 bits per heavy atom. The van der Waals surface area contributed by atoms with Crippen molar-refractivity contribution in [1.82, 2.24) is 4.98 Å². The molecule has 1 aromatic heterocycles. The molecule has 4 nitrogen and oxygen atoms in total. The van der Waals surface area contributed by atoms with Gasteiger partial charge in [-0.15, -0.1) is 0 Å². The van der Waals surface area contributed by atoms with E-state index in [4.69, 9.17) is 21.3 Å². The molecule has 1 aliphatic rings. The number of carbonyl (C=O) groups is 1. The van der Waals surface area contributed by atoms with E-state index >= 15 is 0 Å². The van der Waals surface area contributed by atoms with E-state index in [1.165, 1.54) is 0 Å². The minimum atomic E-state index is -0.0461. The molecule has 0 radical (unpaired) electrons. The standard InChI is InChI=1S/C25H23ClN2O2/c1-16(30-3)22-6-4-5-7-23(22)24-13-20-15-28(17(2)29)25-11-10-21(26)12-18(25)8-9-19(20)14-27-24/h4-14,16H,15H2,1-3H3/b9-8-. The third-order valence-corrected chi connectivity index (χ3v) is 5.72. The van der Waals surface area contributed by atoms with Gasteiger partial charge in [-0.05, 0) is 53.4 Å². The maximum atomic E-state index is 12.5. The summed E-state index contributed by atoms with van der Waals surface area (Å²) in [6, 6.07) is 15.8. The molecule has 0 fully saturated rings. The number of aromatic nitrogens is 1. The van der Waals surface area contributed by atoms with Crippen LogP contribution < -0.4 is 4.90 Å². The van der Waals surface area contributed by atoms with Crippen molar-refractivity contribution in [2.24, 2.45) is 0 Å². The Labute approximate surface area is 181 Å². The van der Waals surface area contributed by atoms with Gasteiger partial charge in [0.15, 0.2) is 0 Å². The lowest BCUT2D eigenvalue weighted by atomic mass is 9.97. The molecule has 0 saturated heterocycles. The normalized spacial score (nSPS) is 14.9. The van der Waals surface area contributed by atoms with Crippen molar-refractivity contribution >= 4 is 35.3 Å². The van der Waals surface area contributed by atoms with Crippen molar-refractivity contribution in [3.63, 3.8) is 0 Å². The molecular formula is C25H23ClN2O2. The number of amides is 1. The summed E-state index contributed by atoms with van der Waals surface area (Å²) < 4.78 is 5.54. The van der Waals surface area contributed by atoms with E-state index in [1.807, 2.05) is 55.6 Å². The van der Waals surface area contributed by atoms with Gasteiger partial charge in [0, 0.05) is 30.8 Å². The molecular weight excluding hydrogens is 396 g/mol. The zero-order valence-corrected chi connectivity index (χ0v) is 18.0. The van der Waals surface area contributed by atoms with E-state index in [9.17, 15) is 4.79 Å². The highest BCUT2D eigenvalue weighted by atomic mass is 35.5. The van der Waals surface area contributed by atoms with Crippen LogP contribution in [-0.2, 0) is 16.1 Å². The number of hydrogen-bond acceptors (Lipinski definition) is 3. The van der Waals surface area contributed by atoms with Crippen LogP contribution in [0.25, 0.3) is 23.4 Å². The third-order valence-electron chi connectivity index (χ3n) is 5.48. The van der Waals surface area contributed by atoms with Gasteiger partial charge in [0.2, 0.25) is 5.91 Å². The first-order valence-electron chi connectivity index (χ1n) is 9.84. The molecule has 4 rings (SSSR count). The molecule has 2 heterocycles. The molecule has 152 valence electrons. The van der Waals surface area contributed by atoms with Crippen LogP contribution in [0.5, 0.6) is 0 Å². The summed E-state index contributed by atoms with van der Waals surface area (Å²) in [6.45, 7) is 4.07. The van der Waals surface area contributed by atoms with Gasteiger partial charge in [0.1, 0.15) is 0 Å². The Balaban J connectivity index is 1.83. The highest BCUT2D eigenvalue weighted by Crippen LogP contribution is 2.33. The van der Waals surface area contributed by atoms with Crippen LogP contribution in [0.3, 0.4) is 0 Å². The first-order valence-corrected chi connectivity index (χ1v) is 10.2. The van der Waals surface area contributed by atoms with Gasteiger partial charge >= 0.3 is 0 Å². The van der Waals surface area contributed by atoms with Crippen LogP contribution in [0.4, 0.5) is 5.69 Å². The van der Waals surface area contributed by atoms with Gasteiger partial charge in [-0.3, -0.25) is 9.78 Å². The van der Waals surface area contributed by atoms with Crippen LogP contribution >= 0.6 is 11.6 Å². The van der Waals surface area contributed by atoms with Gasteiger partial charge in [-0.2, -0.15) is 0 Å². The lowest BCUT2D eigenvalue weighted by Crippen LogP contribution is -2.29. The highest BCUT2D eigenvalue weighted by molar-refractivity contribution is 6.30. The van der Waals surface area contributed by atoms with Gasteiger partial charge in [0.05, 0.1) is 24.0 Å². The van der Waals surface area contributed by atoms with Crippen LogP contribution in [0.15, 0.2) is 54.7 Å². The minimum Gasteiger partial charge on any atom is -0.377 e. The topological polar surface area (TPSA) is 42.4 Å². The monoisotopic (exact) mass is 418 g/mol. The largest absolute Gasteiger partial charge is 0.377 e. The van der Waals surface area contributed by atoms with Crippen LogP contribution in [0.2, 0.25) is 5.02 Å². The molecule has 1 atom stereocenters. The maximum absolute atomic E-state index is 12.5. The SMILES string of the molecule is COC(C)c1ccccc1-c1cc2c(cn1)/C=C\c1cc(Cl)ccc1N(C(C)=O)C2. The second-order valence-electron chi connectivity index (χ2n) is 7.38. The summed E-state index contributed by atoms with van der Waals surface area (Å²) in [5, 5.41) is 0.639. The Morgan fingerprint density at radius 3 is 2.67 bits per heavy atom.